The highest BCUT2D eigenvalue weighted by atomic mass is 16.1. The van der Waals surface area contributed by atoms with E-state index in [1.807, 2.05) is 19.1 Å². The molecule has 0 fully saturated rings. The molecule has 110 valence electrons. The van der Waals surface area contributed by atoms with Crippen LogP contribution in [-0.4, -0.2) is 5.78 Å². The van der Waals surface area contributed by atoms with E-state index in [-0.39, 0.29) is 11.8 Å². The van der Waals surface area contributed by atoms with Crippen LogP contribution in [0.1, 0.15) is 50.3 Å². The zero-order valence-electron chi connectivity index (χ0n) is 12.8. The van der Waals surface area contributed by atoms with Crippen LogP contribution in [0.25, 0.3) is 6.08 Å². The molecule has 0 heterocycles. The maximum Gasteiger partial charge on any atom is 0.157 e. The van der Waals surface area contributed by atoms with E-state index in [0.29, 0.717) is 6.42 Å². The van der Waals surface area contributed by atoms with Crippen molar-refractivity contribution in [3.63, 3.8) is 0 Å². The lowest BCUT2D eigenvalue weighted by Gasteiger charge is -2.22. The molecule has 1 aliphatic carbocycles. The fourth-order valence-corrected chi connectivity index (χ4v) is 2.59. The van der Waals surface area contributed by atoms with Gasteiger partial charge in [0.2, 0.25) is 0 Å². The summed E-state index contributed by atoms with van der Waals surface area (Å²) < 4.78 is 0. The molecule has 1 unspecified atom stereocenters. The first-order chi connectivity index (χ1) is 10.2. The predicted molar refractivity (Wildman–Crippen MR) is 88.8 cm³/mol. The molecule has 2 heteroatoms. The monoisotopic (exact) mass is 281 g/mol. The van der Waals surface area contributed by atoms with Crippen molar-refractivity contribution >= 4 is 11.9 Å². The van der Waals surface area contributed by atoms with Gasteiger partial charge in [0.05, 0.1) is 0 Å². The molecular formula is C19H23NO. The molecule has 0 aliphatic heterocycles. The highest BCUT2D eigenvalue weighted by Gasteiger charge is 2.14. The van der Waals surface area contributed by atoms with E-state index in [0.717, 1.165) is 18.5 Å². The summed E-state index contributed by atoms with van der Waals surface area (Å²) in [7, 11) is 0. The van der Waals surface area contributed by atoms with Crippen molar-refractivity contribution < 1.29 is 4.79 Å². The molecule has 0 bridgehead atoms. The zero-order chi connectivity index (χ0) is 15.1. The Balaban J connectivity index is 2.15. The van der Waals surface area contributed by atoms with E-state index in [4.69, 9.17) is 0 Å². The third-order valence-corrected chi connectivity index (χ3v) is 3.65. The van der Waals surface area contributed by atoms with Gasteiger partial charge in [-0.25, -0.2) is 0 Å². The first kappa shape index (κ1) is 15.3. The second-order valence-electron chi connectivity index (χ2n) is 5.37. The minimum atomic E-state index is 0.189. The molecule has 0 saturated heterocycles. The van der Waals surface area contributed by atoms with Crippen LogP contribution in [0.3, 0.4) is 0 Å². The third-order valence-electron chi connectivity index (χ3n) is 3.65. The third kappa shape index (κ3) is 4.45. The quantitative estimate of drug-likeness (QED) is 0.801. The highest BCUT2D eigenvalue weighted by Crippen LogP contribution is 2.22. The summed E-state index contributed by atoms with van der Waals surface area (Å²) in [6, 6.07) is 8.55. The fourth-order valence-electron chi connectivity index (χ4n) is 2.59. The van der Waals surface area contributed by atoms with Crippen LogP contribution in [-0.2, 0) is 4.79 Å². The van der Waals surface area contributed by atoms with E-state index in [2.05, 4.69) is 48.7 Å². The van der Waals surface area contributed by atoms with Crippen LogP contribution in [0, 0.1) is 0 Å². The van der Waals surface area contributed by atoms with E-state index < -0.39 is 0 Å². The molecule has 21 heavy (non-hydrogen) atoms. The van der Waals surface area contributed by atoms with Gasteiger partial charge in [-0.15, -0.1) is 0 Å². The van der Waals surface area contributed by atoms with Gasteiger partial charge in [0.1, 0.15) is 0 Å². The Hall–Kier alpha value is -2.09. The van der Waals surface area contributed by atoms with Gasteiger partial charge in [0.15, 0.2) is 5.78 Å². The topological polar surface area (TPSA) is 29.1 Å². The lowest BCUT2D eigenvalue weighted by molar-refractivity contribution is -0.115. The molecule has 1 aliphatic rings. The predicted octanol–water partition coefficient (Wildman–Crippen LogP) is 4.56. The van der Waals surface area contributed by atoms with Gasteiger partial charge in [-0.2, -0.15) is 0 Å². The van der Waals surface area contributed by atoms with Crippen molar-refractivity contribution in [3.05, 3.63) is 65.4 Å². The minimum Gasteiger partial charge on any atom is -0.382 e. The molecule has 1 aromatic rings. The summed E-state index contributed by atoms with van der Waals surface area (Å²) in [5.41, 5.74) is 3.52. The summed E-state index contributed by atoms with van der Waals surface area (Å²) in [6.45, 7) is 4.15. The molecule has 2 rings (SSSR count). The van der Waals surface area contributed by atoms with Crippen LogP contribution in [0.4, 0.5) is 0 Å². The fraction of sp³-hybridized carbons (Fsp3) is 0.316. The second-order valence-corrected chi connectivity index (χ2v) is 5.37. The SMILES string of the molecule is C/C=C\C=C/c1ccccc1C(C)NC1=CC(=O)CCC1. The maximum atomic E-state index is 11.5. The first-order valence-electron chi connectivity index (χ1n) is 7.59. The van der Waals surface area contributed by atoms with Crippen molar-refractivity contribution in [1.82, 2.24) is 5.32 Å². The Morgan fingerprint density at radius 1 is 1.19 bits per heavy atom. The molecular weight excluding hydrogens is 258 g/mol. The van der Waals surface area contributed by atoms with Crippen LogP contribution < -0.4 is 5.32 Å². The minimum absolute atomic E-state index is 0.189. The number of hydrogen-bond donors (Lipinski definition) is 1. The van der Waals surface area contributed by atoms with Crippen LogP contribution in [0.5, 0.6) is 0 Å². The Kier molecular flexibility index (Phi) is 5.56. The molecule has 2 nitrogen and oxygen atoms in total. The zero-order valence-corrected chi connectivity index (χ0v) is 12.8. The van der Waals surface area contributed by atoms with Crippen LogP contribution in [0.15, 0.2) is 54.3 Å². The van der Waals surface area contributed by atoms with E-state index in [1.165, 1.54) is 11.1 Å². The number of rotatable bonds is 5. The summed E-state index contributed by atoms with van der Waals surface area (Å²) >= 11 is 0. The number of nitrogens with one attached hydrogen (secondary N) is 1. The molecule has 1 N–H and O–H groups in total. The number of carbonyl (C=O) groups excluding carboxylic acids is 1. The van der Waals surface area contributed by atoms with Crippen molar-refractivity contribution in [2.45, 2.75) is 39.2 Å². The van der Waals surface area contributed by atoms with Gasteiger partial charge in [0, 0.05) is 24.2 Å². The van der Waals surface area contributed by atoms with Crippen LogP contribution >= 0.6 is 0 Å². The van der Waals surface area contributed by atoms with Gasteiger partial charge in [-0.05, 0) is 37.8 Å². The van der Waals surface area contributed by atoms with Gasteiger partial charge in [-0.3, -0.25) is 4.79 Å². The van der Waals surface area contributed by atoms with Gasteiger partial charge in [0.25, 0.3) is 0 Å². The Bertz CT molecular complexity index is 581. The number of ketones is 1. The average molecular weight is 281 g/mol. The van der Waals surface area contributed by atoms with Crippen molar-refractivity contribution in [3.8, 4) is 0 Å². The summed E-state index contributed by atoms with van der Waals surface area (Å²) in [4.78, 5) is 11.5. The Morgan fingerprint density at radius 3 is 2.76 bits per heavy atom. The number of benzene rings is 1. The molecule has 0 aromatic heterocycles. The molecule has 1 aromatic carbocycles. The van der Waals surface area contributed by atoms with Crippen molar-refractivity contribution in [2.75, 3.05) is 0 Å². The smallest absolute Gasteiger partial charge is 0.157 e. The van der Waals surface area contributed by atoms with E-state index in [1.54, 1.807) is 6.08 Å². The summed E-state index contributed by atoms with van der Waals surface area (Å²) in [5.74, 6) is 0.234. The Labute approximate surface area is 127 Å². The lowest BCUT2D eigenvalue weighted by Crippen LogP contribution is -2.21. The number of allylic oxidation sites excluding steroid dienone is 5. The molecule has 0 saturated carbocycles. The standard InChI is InChI=1S/C19H23NO/c1-3-4-5-9-16-10-6-7-13-19(16)15(2)20-17-11-8-12-18(21)14-17/h3-7,9-10,13-15,20H,8,11-12H2,1-2H3/b4-3-,9-5-. The lowest BCUT2D eigenvalue weighted by atomic mass is 9.98. The first-order valence-corrected chi connectivity index (χ1v) is 7.59. The van der Waals surface area contributed by atoms with Gasteiger partial charge < -0.3 is 5.32 Å². The number of hydrogen-bond acceptors (Lipinski definition) is 2. The van der Waals surface area contributed by atoms with Gasteiger partial charge in [-0.1, -0.05) is 48.6 Å². The largest absolute Gasteiger partial charge is 0.382 e. The second kappa shape index (κ2) is 7.63. The molecule has 0 radical (unpaired) electrons. The van der Waals surface area contributed by atoms with Gasteiger partial charge >= 0.3 is 0 Å². The van der Waals surface area contributed by atoms with Crippen LogP contribution in [0.2, 0.25) is 0 Å². The van der Waals surface area contributed by atoms with Crippen molar-refractivity contribution in [1.29, 1.82) is 0 Å². The van der Waals surface area contributed by atoms with E-state index >= 15 is 0 Å². The van der Waals surface area contributed by atoms with E-state index in [9.17, 15) is 4.79 Å². The molecule has 1 atom stereocenters. The normalized spacial score (nSPS) is 17.2. The Morgan fingerprint density at radius 2 is 2.00 bits per heavy atom. The highest BCUT2D eigenvalue weighted by molar-refractivity contribution is 5.91. The molecule has 0 spiro atoms. The summed E-state index contributed by atoms with van der Waals surface area (Å²) in [6.07, 6.45) is 12.6. The number of carbonyl (C=O) groups is 1. The summed E-state index contributed by atoms with van der Waals surface area (Å²) in [5, 5.41) is 3.48. The van der Waals surface area contributed by atoms with Crippen molar-refractivity contribution in [2.24, 2.45) is 0 Å². The maximum absolute atomic E-state index is 11.5. The molecule has 0 amide bonds. The average Bonchev–Trinajstić information content (AvgIpc) is 2.48.